The molecule has 1 aromatic carbocycles. The van der Waals surface area contributed by atoms with Crippen molar-refractivity contribution in [2.45, 2.75) is 27.2 Å². The van der Waals surface area contributed by atoms with Gasteiger partial charge in [0.15, 0.2) is 0 Å². The molecule has 0 saturated heterocycles. The highest BCUT2D eigenvalue weighted by atomic mass is 14.7. The molecule has 0 amide bonds. The van der Waals surface area contributed by atoms with Gasteiger partial charge in [0.2, 0.25) is 0 Å². The van der Waals surface area contributed by atoms with Crippen LogP contribution in [0.5, 0.6) is 0 Å². The highest BCUT2D eigenvalue weighted by Crippen LogP contribution is 2.24. The van der Waals surface area contributed by atoms with Crippen molar-refractivity contribution in [3.8, 4) is 6.07 Å². The molecule has 2 aromatic rings. The van der Waals surface area contributed by atoms with Crippen LogP contribution in [0.3, 0.4) is 0 Å². The molecule has 3 nitrogen and oxygen atoms in total. The van der Waals surface area contributed by atoms with Gasteiger partial charge in [0.05, 0.1) is 22.8 Å². The lowest BCUT2D eigenvalue weighted by Gasteiger charge is -2.06. The first-order valence-corrected chi connectivity index (χ1v) is 5.83. The number of fused-ring (bicyclic) bond motifs is 1. The predicted molar refractivity (Wildman–Crippen MR) is 71.6 cm³/mol. The van der Waals surface area contributed by atoms with Crippen LogP contribution in [0.25, 0.3) is 10.9 Å². The van der Waals surface area contributed by atoms with E-state index >= 15 is 0 Å². The van der Waals surface area contributed by atoms with Gasteiger partial charge in [-0.05, 0) is 30.2 Å². The maximum atomic E-state index is 8.86. The second-order valence-corrected chi connectivity index (χ2v) is 3.40. The highest BCUT2D eigenvalue weighted by molar-refractivity contribution is 5.92. The molecule has 0 atom stereocenters. The number of nitrogens with two attached hydrogens (primary N) is 1. The number of hydrogen-bond acceptors (Lipinski definition) is 3. The van der Waals surface area contributed by atoms with Crippen LogP contribution in [0.15, 0.2) is 24.4 Å². The summed E-state index contributed by atoms with van der Waals surface area (Å²) in [7, 11) is 0. The minimum Gasteiger partial charge on any atom is -0.397 e. The summed E-state index contributed by atoms with van der Waals surface area (Å²) in [4.78, 5) is 4.23. The lowest BCUT2D eigenvalue weighted by molar-refractivity contribution is 1.15. The van der Waals surface area contributed by atoms with Crippen LogP contribution < -0.4 is 5.73 Å². The lowest BCUT2D eigenvalue weighted by Crippen LogP contribution is -1.94. The number of nitrogens with zero attached hydrogens (tertiary/aromatic N) is 2. The van der Waals surface area contributed by atoms with E-state index in [1.165, 1.54) is 5.56 Å². The molecule has 0 saturated carbocycles. The molecular formula is C14H17N3. The number of aryl methyl sites for hydroxylation is 1. The Balaban J connectivity index is 0.000000686. The summed E-state index contributed by atoms with van der Waals surface area (Å²) in [6, 6.07) is 7.57. The second-order valence-electron chi connectivity index (χ2n) is 3.40. The number of nitrogen functional groups attached to an aromatic ring is 1. The van der Waals surface area contributed by atoms with Gasteiger partial charge in [0.25, 0.3) is 0 Å². The summed E-state index contributed by atoms with van der Waals surface area (Å²) in [5, 5.41) is 9.84. The molecule has 1 heterocycles. The first-order chi connectivity index (χ1) is 8.26. The van der Waals surface area contributed by atoms with Crippen LogP contribution in [-0.4, -0.2) is 4.98 Å². The third-order valence-electron chi connectivity index (χ3n) is 2.47. The monoisotopic (exact) mass is 227 g/mol. The van der Waals surface area contributed by atoms with Crippen LogP contribution in [0.2, 0.25) is 0 Å². The number of hydrogen-bond donors (Lipinski definition) is 1. The van der Waals surface area contributed by atoms with Gasteiger partial charge in [0, 0.05) is 11.6 Å². The molecule has 0 fully saturated rings. The van der Waals surface area contributed by atoms with Crippen LogP contribution in [0, 0.1) is 11.3 Å². The molecule has 0 bridgehead atoms. The average molecular weight is 227 g/mol. The molecule has 2 N–H and O–H groups in total. The standard InChI is InChI=1S/C12H11N3.C2H6/c1-2-9-3-4-15-12-10(9)5-8(7-13)6-11(12)14;1-2/h3-6H,2,14H2,1H3;1-2H3. The second kappa shape index (κ2) is 5.86. The Hall–Kier alpha value is -2.08. The SMILES string of the molecule is CC.CCc1ccnc2c(N)cc(C#N)cc12. The molecular weight excluding hydrogens is 210 g/mol. The Morgan fingerprint density at radius 2 is 2.06 bits per heavy atom. The molecule has 0 spiro atoms. The van der Waals surface area contributed by atoms with E-state index in [0.29, 0.717) is 11.3 Å². The minimum atomic E-state index is 0.569. The lowest BCUT2D eigenvalue weighted by atomic mass is 10.0. The number of nitriles is 1. The average Bonchev–Trinajstić information content (AvgIpc) is 2.40. The number of benzene rings is 1. The summed E-state index contributed by atoms with van der Waals surface area (Å²) in [6.07, 6.45) is 2.66. The van der Waals surface area contributed by atoms with Crippen molar-refractivity contribution in [2.24, 2.45) is 0 Å². The number of pyridine rings is 1. The molecule has 0 aliphatic heterocycles. The number of aromatic nitrogens is 1. The van der Waals surface area contributed by atoms with E-state index in [1.807, 2.05) is 26.0 Å². The van der Waals surface area contributed by atoms with Gasteiger partial charge in [-0.25, -0.2) is 0 Å². The Kier molecular flexibility index (Phi) is 4.47. The molecule has 0 unspecified atom stereocenters. The zero-order chi connectivity index (χ0) is 12.8. The van der Waals surface area contributed by atoms with Gasteiger partial charge >= 0.3 is 0 Å². The fourth-order valence-electron chi connectivity index (χ4n) is 1.71. The van der Waals surface area contributed by atoms with E-state index in [1.54, 1.807) is 12.3 Å². The topological polar surface area (TPSA) is 62.7 Å². The smallest absolute Gasteiger partial charge is 0.0992 e. The summed E-state index contributed by atoms with van der Waals surface area (Å²) in [5.74, 6) is 0. The Morgan fingerprint density at radius 3 is 2.65 bits per heavy atom. The largest absolute Gasteiger partial charge is 0.397 e. The van der Waals surface area contributed by atoms with Crippen molar-refractivity contribution in [2.75, 3.05) is 5.73 Å². The van der Waals surface area contributed by atoms with E-state index in [-0.39, 0.29) is 0 Å². The summed E-state index contributed by atoms with van der Waals surface area (Å²) >= 11 is 0. The van der Waals surface area contributed by atoms with Crippen LogP contribution in [0.4, 0.5) is 5.69 Å². The fraction of sp³-hybridized carbons (Fsp3) is 0.286. The van der Waals surface area contributed by atoms with Gasteiger partial charge in [-0.3, -0.25) is 4.98 Å². The fourth-order valence-corrected chi connectivity index (χ4v) is 1.71. The van der Waals surface area contributed by atoms with Gasteiger partial charge in [-0.15, -0.1) is 0 Å². The minimum absolute atomic E-state index is 0.569. The third-order valence-corrected chi connectivity index (χ3v) is 2.47. The summed E-state index contributed by atoms with van der Waals surface area (Å²) < 4.78 is 0. The van der Waals surface area contributed by atoms with Crippen molar-refractivity contribution < 1.29 is 0 Å². The van der Waals surface area contributed by atoms with E-state index in [9.17, 15) is 0 Å². The molecule has 2 rings (SSSR count). The normalized spacial score (nSPS) is 9.29. The van der Waals surface area contributed by atoms with Crippen LogP contribution >= 0.6 is 0 Å². The molecule has 1 aromatic heterocycles. The van der Waals surface area contributed by atoms with Crippen LogP contribution in [-0.2, 0) is 6.42 Å². The Morgan fingerprint density at radius 1 is 1.35 bits per heavy atom. The quantitative estimate of drug-likeness (QED) is 0.760. The zero-order valence-electron chi connectivity index (χ0n) is 10.5. The van der Waals surface area contributed by atoms with E-state index in [2.05, 4.69) is 18.0 Å². The van der Waals surface area contributed by atoms with Crippen molar-refractivity contribution in [1.82, 2.24) is 4.98 Å². The van der Waals surface area contributed by atoms with Gasteiger partial charge < -0.3 is 5.73 Å². The third kappa shape index (κ3) is 2.54. The first kappa shape index (κ1) is 13.0. The molecule has 3 heteroatoms. The predicted octanol–water partition coefficient (Wildman–Crippen LogP) is 3.28. The summed E-state index contributed by atoms with van der Waals surface area (Å²) in [5.41, 5.74) is 8.95. The van der Waals surface area contributed by atoms with Gasteiger partial charge in [-0.2, -0.15) is 5.26 Å². The maximum absolute atomic E-state index is 8.86. The van der Waals surface area contributed by atoms with E-state index in [4.69, 9.17) is 11.0 Å². The molecule has 17 heavy (non-hydrogen) atoms. The number of anilines is 1. The molecule has 0 aliphatic rings. The highest BCUT2D eigenvalue weighted by Gasteiger charge is 2.05. The van der Waals surface area contributed by atoms with Crippen LogP contribution in [0.1, 0.15) is 31.9 Å². The van der Waals surface area contributed by atoms with Gasteiger partial charge in [0.1, 0.15) is 0 Å². The van der Waals surface area contributed by atoms with Crippen molar-refractivity contribution in [3.05, 3.63) is 35.5 Å². The molecule has 0 aliphatic carbocycles. The van der Waals surface area contributed by atoms with E-state index in [0.717, 1.165) is 17.3 Å². The van der Waals surface area contributed by atoms with Crippen molar-refractivity contribution >= 4 is 16.6 Å². The molecule has 88 valence electrons. The Labute approximate surface area is 102 Å². The number of rotatable bonds is 1. The molecule has 0 radical (unpaired) electrons. The van der Waals surface area contributed by atoms with Crippen molar-refractivity contribution in [1.29, 1.82) is 5.26 Å². The first-order valence-electron chi connectivity index (χ1n) is 5.83. The zero-order valence-corrected chi connectivity index (χ0v) is 10.5. The van der Waals surface area contributed by atoms with Crippen molar-refractivity contribution in [3.63, 3.8) is 0 Å². The Bertz CT molecular complexity index is 553. The maximum Gasteiger partial charge on any atom is 0.0992 e. The summed E-state index contributed by atoms with van der Waals surface area (Å²) in [6.45, 7) is 6.07. The van der Waals surface area contributed by atoms with E-state index < -0.39 is 0 Å². The van der Waals surface area contributed by atoms with Gasteiger partial charge in [-0.1, -0.05) is 20.8 Å².